The number of aliphatic carboxylic acids is 1. The molecule has 2 nitrogen and oxygen atoms in total. The van der Waals surface area contributed by atoms with Crippen molar-refractivity contribution in [1.82, 2.24) is 0 Å². The molecule has 0 spiro atoms. The fourth-order valence-corrected chi connectivity index (χ4v) is 1.52. The molecule has 2 heteroatoms. The highest BCUT2D eigenvalue weighted by Crippen LogP contribution is 2.07. The first-order valence-electron chi connectivity index (χ1n) is 5.64. The van der Waals surface area contributed by atoms with Crippen molar-refractivity contribution >= 4 is 5.97 Å². The Labute approximate surface area is 96.6 Å². The molecule has 0 aliphatic carbocycles. The van der Waals surface area contributed by atoms with Crippen LogP contribution in [0.4, 0.5) is 0 Å². The summed E-state index contributed by atoms with van der Waals surface area (Å²) in [6.45, 7) is 1.64. The summed E-state index contributed by atoms with van der Waals surface area (Å²) in [4.78, 5) is 10.5. The maximum Gasteiger partial charge on any atom is 0.330 e. The van der Waals surface area contributed by atoms with Gasteiger partial charge in [-0.2, -0.15) is 0 Å². The molecular weight excluding hydrogens is 200 g/mol. The lowest BCUT2D eigenvalue weighted by atomic mass is 10.1. The van der Waals surface area contributed by atoms with E-state index >= 15 is 0 Å². The highest BCUT2D eigenvalue weighted by atomic mass is 16.4. The van der Waals surface area contributed by atoms with Crippen LogP contribution in [0.1, 0.15) is 31.7 Å². The molecule has 0 bridgehead atoms. The van der Waals surface area contributed by atoms with Gasteiger partial charge >= 0.3 is 5.97 Å². The van der Waals surface area contributed by atoms with Crippen LogP contribution in [0, 0.1) is 0 Å². The first-order valence-corrected chi connectivity index (χ1v) is 5.64. The van der Waals surface area contributed by atoms with E-state index in [1.54, 1.807) is 13.0 Å². The van der Waals surface area contributed by atoms with E-state index in [-0.39, 0.29) is 0 Å². The predicted molar refractivity (Wildman–Crippen MR) is 65.4 cm³/mol. The Bertz CT molecular complexity index is 352. The Morgan fingerprint density at radius 1 is 1.25 bits per heavy atom. The van der Waals surface area contributed by atoms with Crippen molar-refractivity contribution in [3.05, 3.63) is 47.5 Å². The zero-order valence-electron chi connectivity index (χ0n) is 9.65. The summed E-state index contributed by atoms with van der Waals surface area (Å²) in [6, 6.07) is 10.4. The van der Waals surface area contributed by atoms with Crippen LogP contribution in [0.25, 0.3) is 0 Å². The van der Waals surface area contributed by atoms with Crippen molar-refractivity contribution in [2.24, 2.45) is 0 Å². The molecule has 0 fully saturated rings. The molecule has 0 aliphatic rings. The van der Waals surface area contributed by atoms with Gasteiger partial charge < -0.3 is 5.11 Å². The van der Waals surface area contributed by atoms with E-state index in [1.165, 1.54) is 5.56 Å². The van der Waals surface area contributed by atoms with E-state index in [2.05, 4.69) is 12.1 Å². The molecule has 0 saturated heterocycles. The second-order valence-corrected chi connectivity index (χ2v) is 3.92. The quantitative estimate of drug-likeness (QED) is 0.586. The van der Waals surface area contributed by atoms with Crippen molar-refractivity contribution in [1.29, 1.82) is 0 Å². The van der Waals surface area contributed by atoms with Crippen molar-refractivity contribution in [3.63, 3.8) is 0 Å². The van der Waals surface area contributed by atoms with Gasteiger partial charge in [0.1, 0.15) is 0 Å². The van der Waals surface area contributed by atoms with Crippen LogP contribution in [0.2, 0.25) is 0 Å². The van der Waals surface area contributed by atoms with Crippen molar-refractivity contribution < 1.29 is 9.90 Å². The number of unbranched alkanes of at least 4 members (excludes halogenated alkanes) is 2. The average molecular weight is 218 g/mol. The Morgan fingerprint density at radius 2 is 1.94 bits per heavy atom. The van der Waals surface area contributed by atoms with Crippen LogP contribution in [0.3, 0.4) is 0 Å². The number of rotatable bonds is 6. The summed E-state index contributed by atoms with van der Waals surface area (Å²) in [7, 11) is 0. The minimum atomic E-state index is -0.817. The third-order valence-corrected chi connectivity index (χ3v) is 2.55. The second-order valence-electron chi connectivity index (χ2n) is 3.92. The summed E-state index contributed by atoms with van der Waals surface area (Å²) in [5, 5.41) is 8.65. The zero-order chi connectivity index (χ0) is 11.8. The monoisotopic (exact) mass is 218 g/mol. The third kappa shape index (κ3) is 4.78. The zero-order valence-corrected chi connectivity index (χ0v) is 9.65. The standard InChI is InChI=1S/C14H18O2/c1-12(14(15)16)8-4-2-5-9-13-10-6-3-7-11-13/h3,6-8,10-11H,2,4-5,9H2,1H3,(H,15,16). The molecule has 0 amide bonds. The van der Waals surface area contributed by atoms with E-state index in [9.17, 15) is 4.79 Å². The van der Waals surface area contributed by atoms with Crippen LogP contribution < -0.4 is 0 Å². The maximum absolute atomic E-state index is 10.5. The fraction of sp³-hybridized carbons (Fsp3) is 0.357. The van der Waals surface area contributed by atoms with Crippen LogP contribution in [-0.4, -0.2) is 11.1 Å². The van der Waals surface area contributed by atoms with Crippen LogP contribution in [-0.2, 0) is 11.2 Å². The summed E-state index contributed by atoms with van der Waals surface area (Å²) in [5.41, 5.74) is 1.79. The lowest BCUT2D eigenvalue weighted by Crippen LogP contribution is -1.95. The van der Waals surface area contributed by atoms with Gasteiger partial charge in [0.15, 0.2) is 0 Å². The Balaban J connectivity index is 2.18. The van der Waals surface area contributed by atoms with Gasteiger partial charge in [-0.05, 0) is 38.2 Å². The number of hydrogen-bond donors (Lipinski definition) is 1. The molecule has 0 aromatic heterocycles. The molecule has 1 aromatic carbocycles. The summed E-state index contributed by atoms with van der Waals surface area (Å²) >= 11 is 0. The van der Waals surface area contributed by atoms with Crippen molar-refractivity contribution in [2.75, 3.05) is 0 Å². The van der Waals surface area contributed by atoms with Gasteiger partial charge in [0.05, 0.1) is 0 Å². The van der Waals surface area contributed by atoms with Gasteiger partial charge in [-0.15, -0.1) is 0 Å². The van der Waals surface area contributed by atoms with Crippen molar-refractivity contribution in [3.8, 4) is 0 Å². The summed E-state index contributed by atoms with van der Waals surface area (Å²) in [5.74, 6) is -0.817. The first kappa shape index (κ1) is 12.5. The van der Waals surface area contributed by atoms with E-state index in [0.717, 1.165) is 25.7 Å². The molecule has 86 valence electrons. The summed E-state index contributed by atoms with van der Waals surface area (Å²) in [6.07, 6.45) is 5.87. The van der Waals surface area contributed by atoms with Gasteiger partial charge in [-0.1, -0.05) is 36.4 Å². The molecule has 0 aliphatic heterocycles. The van der Waals surface area contributed by atoms with Gasteiger partial charge in [0.2, 0.25) is 0 Å². The van der Waals surface area contributed by atoms with E-state index in [0.29, 0.717) is 5.57 Å². The van der Waals surface area contributed by atoms with Gasteiger partial charge in [-0.3, -0.25) is 0 Å². The molecule has 1 N–H and O–H groups in total. The smallest absolute Gasteiger partial charge is 0.330 e. The third-order valence-electron chi connectivity index (χ3n) is 2.55. The molecule has 1 aromatic rings. The SMILES string of the molecule is CC(=CCCCCc1ccccc1)C(=O)O. The normalized spacial score (nSPS) is 11.4. The minimum Gasteiger partial charge on any atom is -0.478 e. The Hall–Kier alpha value is -1.57. The Kier molecular flexibility index (Phi) is 5.34. The molecule has 0 unspecified atom stereocenters. The largest absolute Gasteiger partial charge is 0.478 e. The average Bonchev–Trinajstić information content (AvgIpc) is 2.29. The van der Waals surface area contributed by atoms with Crippen LogP contribution >= 0.6 is 0 Å². The topological polar surface area (TPSA) is 37.3 Å². The lowest BCUT2D eigenvalue weighted by molar-refractivity contribution is -0.132. The van der Waals surface area contributed by atoms with Gasteiger partial charge in [-0.25, -0.2) is 4.79 Å². The van der Waals surface area contributed by atoms with Gasteiger partial charge in [0, 0.05) is 5.57 Å². The Morgan fingerprint density at radius 3 is 2.56 bits per heavy atom. The van der Waals surface area contributed by atoms with Crippen molar-refractivity contribution in [2.45, 2.75) is 32.6 Å². The molecule has 0 radical (unpaired) electrons. The summed E-state index contributed by atoms with van der Waals surface area (Å²) < 4.78 is 0. The number of allylic oxidation sites excluding steroid dienone is 1. The maximum atomic E-state index is 10.5. The first-order chi connectivity index (χ1) is 7.70. The minimum absolute atomic E-state index is 0.444. The molecular formula is C14H18O2. The number of aryl methyl sites for hydroxylation is 1. The lowest BCUT2D eigenvalue weighted by Gasteiger charge is -1.99. The molecule has 0 heterocycles. The molecule has 1 rings (SSSR count). The molecule has 16 heavy (non-hydrogen) atoms. The highest BCUT2D eigenvalue weighted by molar-refractivity contribution is 5.85. The molecule has 0 saturated carbocycles. The number of hydrogen-bond acceptors (Lipinski definition) is 1. The van der Waals surface area contributed by atoms with E-state index in [4.69, 9.17) is 5.11 Å². The fourth-order valence-electron chi connectivity index (χ4n) is 1.52. The highest BCUT2D eigenvalue weighted by Gasteiger charge is 1.97. The van der Waals surface area contributed by atoms with Crippen LogP contribution in [0.15, 0.2) is 42.0 Å². The number of carboxylic acid groups (broad SMARTS) is 1. The van der Waals surface area contributed by atoms with E-state index < -0.39 is 5.97 Å². The molecule has 0 atom stereocenters. The van der Waals surface area contributed by atoms with E-state index in [1.807, 2.05) is 18.2 Å². The number of carboxylic acids is 1. The number of carbonyl (C=O) groups is 1. The van der Waals surface area contributed by atoms with Gasteiger partial charge in [0.25, 0.3) is 0 Å². The van der Waals surface area contributed by atoms with Crippen LogP contribution in [0.5, 0.6) is 0 Å². The number of benzene rings is 1. The second kappa shape index (κ2) is 6.83. The predicted octanol–water partition coefficient (Wildman–Crippen LogP) is 3.43.